The summed E-state index contributed by atoms with van der Waals surface area (Å²) in [5.41, 5.74) is 0.521. The fraction of sp³-hybridized carbons (Fsp3) is 0.378. The van der Waals surface area contributed by atoms with Crippen LogP contribution < -0.4 is 22.4 Å². The molecule has 0 bridgehead atoms. The summed E-state index contributed by atoms with van der Waals surface area (Å²) in [6.07, 6.45) is 3.80. The molecule has 4 aromatic rings. The van der Waals surface area contributed by atoms with Crippen LogP contribution in [0.5, 0.6) is 0 Å². The maximum Gasteiger partial charge on any atom is 0.562 e. The van der Waals surface area contributed by atoms with Crippen molar-refractivity contribution in [2.45, 2.75) is 59.5 Å². The predicted molar refractivity (Wildman–Crippen MR) is 199 cm³/mol. The van der Waals surface area contributed by atoms with Crippen molar-refractivity contribution >= 4 is 32.3 Å². The molecule has 15 heteroatoms. The van der Waals surface area contributed by atoms with Gasteiger partial charge in [0.25, 0.3) is 0 Å². The van der Waals surface area contributed by atoms with Gasteiger partial charge in [-0.3, -0.25) is 5.32 Å². The number of carbonyl (C=O) groups is 1. The van der Waals surface area contributed by atoms with Crippen LogP contribution in [0.25, 0.3) is 17.1 Å². The van der Waals surface area contributed by atoms with Crippen LogP contribution in [-0.2, 0) is 18.1 Å². The third kappa shape index (κ3) is 6.58. The molecular formula is C37H45N6O8Si+. The molecule has 2 atom stereocenters. The lowest BCUT2D eigenvalue weighted by atomic mass is 10.1. The average molecular weight is 730 g/mol. The topological polar surface area (TPSA) is 152 Å². The Morgan fingerprint density at radius 3 is 1.85 bits per heavy atom. The molecule has 274 valence electrons. The number of urea groups is 1. The number of aliphatic imine (C=N–C) groups is 1. The Morgan fingerprint density at radius 1 is 0.827 bits per heavy atom. The number of aromatic nitrogens is 3. The molecular weight excluding hydrogens is 685 g/mol. The van der Waals surface area contributed by atoms with Crippen LogP contribution in [0.4, 0.5) is 16.2 Å². The van der Waals surface area contributed by atoms with E-state index in [1.165, 1.54) is 33.5 Å². The number of carbonyl (C=O) groups excluding carboxylic acids is 2. The molecule has 1 saturated heterocycles. The number of hydrogen-bond acceptors (Lipinski definition) is 9. The molecule has 1 aromatic heterocycles. The summed E-state index contributed by atoms with van der Waals surface area (Å²) in [5, 5.41) is 3.04. The number of anilines is 1. The van der Waals surface area contributed by atoms with E-state index in [0.29, 0.717) is 47.6 Å². The van der Waals surface area contributed by atoms with E-state index in [4.69, 9.17) is 13.3 Å². The highest BCUT2D eigenvalue weighted by Crippen LogP contribution is 2.38. The van der Waals surface area contributed by atoms with Crippen molar-refractivity contribution in [3.05, 3.63) is 108 Å². The van der Waals surface area contributed by atoms with Crippen LogP contribution in [0.15, 0.2) is 74.0 Å². The number of isocyanates is 1. The minimum atomic E-state index is -3.23. The zero-order chi connectivity index (χ0) is 38.0. The lowest BCUT2D eigenvalue weighted by Crippen LogP contribution is -2.79. The number of benzene rings is 3. The third-order valence-electron chi connectivity index (χ3n) is 10.0. The Hall–Kier alpha value is -5.02. The van der Waals surface area contributed by atoms with Gasteiger partial charge >= 0.3 is 31.9 Å². The van der Waals surface area contributed by atoms with Gasteiger partial charge in [-0.15, -0.1) is 0 Å². The maximum absolute atomic E-state index is 14.5. The molecule has 14 nitrogen and oxygen atoms in total. The summed E-state index contributed by atoms with van der Waals surface area (Å²) < 4.78 is 20.3. The SMILES string of the molecule is CCCC[N+]1(C(=O)Nc2ccc(C)c(-n3c(=O)n(-c4cc(C)ccc4C)c(=O)n(-c4cc(N=C=O)ccc4C)c3=O)c2)CCC1[Si](OC)(OC)OC. The minimum Gasteiger partial charge on any atom is -0.373 e. The number of amides is 2. The van der Waals surface area contributed by atoms with E-state index in [2.05, 4.69) is 17.2 Å². The van der Waals surface area contributed by atoms with Crippen molar-refractivity contribution in [2.75, 3.05) is 39.7 Å². The molecule has 0 saturated carbocycles. The van der Waals surface area contributed by atoms with E-state index < -0.39 is 25.9 Å². The first kappa shape index (κ1) is 38.2. The van der Waals surface area contributed by atoms with Crippen molar-refractivity contribution in [3.63, 3.8) is 0 Å². The van der Waals surface area contributed by atoms with Crippen LogP contribution in [0.2, 0.25) is 0 Å². The van der Waals surface area contributed by atoms with Gasteiger partial charge in [0.2, 0.25) is 6.08 Å². The Labute approximate surface area is 302 Å². The second kappa shape index (κ2) is 15.3. The van der Waals surface area contributed by atoms with Crippen molar-refractivity contribution in [1.82, 2.24) is 13.7 Å². The summed E-state index contributed by atoms with van der Waals surface area (Å²) in [7, 11) is 1.37. The number of nitrogens with zero attached hydrogens (tertiary/aromatic N) is 5. The summed E-state index contributed by atoms with van der Waals surface area (Å²) in [4.78, 5) is 72.4. The first-order chi connectivity index (χ1) is 24.8. The van der Waals surface area contributed by atoms with Gasteiger partial charge in [-0.2, -0.15) is 4.99 Å². The average Bonchev–Trinajstić information content (AvgIpc) is 3.11. The fourth-order valence-electron chi connectivity index (χ4n) is 7.01. The van der Waals surface area contributed by atoms with E-state index in [0.717, 1.165) is 32.1 Å². The zero-order valence-electron chi connectivity index (χ0n) is 30.8. The molecule has 3 aromatic carbocycles. The van der Waals surface area contributed by atoms with Gasteiger partial charge < -0.3 is 13.3 Å². The highest BCUT2D eigenvalue weighted by Gasteiger charge is 2.67. The summed E-state index contributed by atoms with van der Waals surface area (Å²) in [5.74, 6) is 0. The monoisotopic (exact) mass is 729 g/mol. The van der Waals surface area contributed by atoms with Crippen molar-refractivity contribution in [3.8, 4) is 17.1 Å². The fourth-order valence-corrected chi connectivity index (χ4v) is 9.79. The Kier molecular flexibility index (Phi) is 11.2. The van der Waals surface area contributed by atoms with Gasteiger partial charge in [-0.1, -0.05) is 37.6 Å². The van der Waals surface area contributed by atoms with Crippen LogP contribution in [0, 0.1) is 27.7 Å². The Balaban J connectivity index is 1.73. The minimum absolute atomic E-state index is 0.0436. The molecule has 1 aliphatic heterocycles. The Morgan fingerprint density at radius 2 is 1.35 bits per heavy atom. The molecule has 2 amide bonds. The van der Waals surface area contributed by atoms with Gasteiger partial charge in [-0.05, 0) is 86.7 Å². The molecule has 52 heavy (non-hydrogen) atoms. The number of nitrogens with one attached hydrogen (secondary N) is 1. The van der Waals surface area contributed by atoms with Crippen LogP contribution in [0.1, 0.15) is 48.4 Å². The molecule has 2 unspecified atom stereocenters. The molecule has 2 heterocycles. The smallest absolute Gasteiger partial charge is 0.373 e. The van der Waals surface area contributed by atoms with Crippen LogP contribution in [-0.4, -0.2) is 79.2 Å². The number of likely N-dealkylation sites (tertiary alicyclic amines) is 1. The molecule has 1 N–H and O–H groups in total. The van der Waals surface area contributed by atoms with Gasteiger partial charge in [-0.25, -0.2) is 42.2 Å². The van der Waals surface area contributed by atoms with Crippen molar-refractivity contribution in [1.29, 1.82) is 0 Å². The summed E-state index contributed by atoms with van der Waals surface area (Å²) in [6, 6.07) is 14.6. The van der Waals surface area contributed by atoms with Gasteiger partial charge in [0.1, 0.15) is 0 Å². The van der Waals surface area contributed by atoms with Crippen molar-refractivity contribution < 1.29 is 27.4 Å². The summed E-state index contributed by atoms with van der Waals surface area (Å²) >= 11 is 0. The number of rotatable bonds is 12. The second-order valence-corrected chi connectivity index (χ2v) is 16.2. The zero-order valence-corrected chi connectivity index (χ0v) is 31.8. The highest BCUT2D eigenvalue weighted by molar-refractivity contribution is 6.62. The van der Waals surface area contributed by atoms with E-state index >= 15 is 0 Å². The molecule has 0 aliphatic carbocycles. The van der Waals surface area contributed by atoms with Crippen LogP contribution >= 0.6 is 0 Å². The van der Waals surface area contributed by atoms with E-state index in [-0.39, 0.29) is 33.2 Å². The lowest BCUT2D eigenvalue weighted by molar-refractivity contribution is -0.905. The van der Waals surface area contributed by atoms with Crippen LogP contribution in [0.3, 0.4) is 0 Å². The van der Waals surface area contributed by atoms with Gasteiger partial charge in [0, 0.05) is 27.0 Å². The normalized spacial score (nSPS) is 17.0. The number of hydrogen-bond donors (Lipinski definition) is 1. The molecule has 0 spiro atoms. The van der Waals surface area contributed by atoms with E-state index in [1.807, 2.05) is 13.0 Å². The molecule has 5 rings (SSSR count). The summed E-state index contributed by atoms with van der Waals surface area (Å²) in [6.45, 7) is 10.2. The molecule has 1 fully saturated rings. The lowest BCUT2D eigenvalue weighted by Gasteiger charge is -2.52. The van der Waals surface area contributed by atoms with Gasteiger partial charge in [0.05, 0.1) is 42.3 Å². The standard InChI is InChI=1S/C37H44N6O8Si/c1-9-10-18-43(19-17-33(43)52(49-6,50-7)51-8)34(45)39-29-16-14-27(5)32(22-29)42-36(47)40(30-20-24(2)11-12-25(30)3)35(46)41(37(42)48)31-21-28(38-23-44)15-13-26(31)4/h11-16,20-22,33H,9-10,17-19H2,1-8H3/p+1. The highest BCUT2D eigenvalue weighted by atomic mass is 28.4. The predicted octanol–water partition coefficient (Wildman–Crippen LogP) is 4.68. The van der Waals surface area contributed by atoms with E-state index in [1.54, 1.807) is 63.2 Å². The first-order valence-electron chi connectivity index (χ1n) is 17.0. The quantitative estimate of drug-likeness (QED) is 0.0956. The number of unbranched alkanes of at least 4 members (excludes halogenated alkanes) is 1. The van der Waals surface area contributed by atoms with Gasteiger partial charge in [0.15, 0.2) is 5.67 Å². The number of quaternary nitrogens is 1. The third-order valence-corrected chi connectivity index (χ3v) is 13.3. The number of aryl methyl sites for hydroxylation is 4. The second-order valence-electron chi connectivity index (χ2n) is 13.1. The Bertz CT molecular complexity index is 2240. The largest absolute Gasteiger partial charge is 0.562 e. The maximum atomic E-state index is 14.5. The van der Waals surface area contributed by atoms with E-state index in [9.17, 15) is 24.0 Å². The first-order valence-corrected chi connectivity index (χ1v) is 18.9. The molecule has 1 aliphatic rings. The van der Waals surface area contributed by atoms with Crippen molar-refractivity contribution in [2.24, 2.45) is 4.99 Å². The molecule has 0 radical (unpaired) electrons.